The molecule has 0 unspecified atom stereocenters. The number of sulfone groups is 1. The minimum Gasteiger partial charge on any atom is -0.384 e. The summed E-state index contributed by atoms with van der Waals surface area (Å²) in [6, 6.07) is 0. The van der Waals surface area contributed by atoms with Gasteiger partial charge in [0.05, 0.1) is 12.4 Å². The summed E-state index contributed by atoms with van der Waals surface area (Å²) >= 11 is 0. The minimum atomic E-state index is -3.02. The number of rotatable bonds is 7. The first-order chi connectivity index (χ1) is 7.16. The first-order valence-corrected chi connectivity index (χ1v) is 7.16. The van der Waals surface area contributed by atoms with Crippen LogP contribution in [0.1, 0.15) is 20.3 Å². The van der Waals surface area contributed by atoms with Gasteiger partial charge < -0.3 is 10.1 Å². The summed E-state index contributed by atoms with van der Waals surface area (Å²) in [4.78, 5) is 11.3. The topological polar surface area (TPSA) is 72.5 Å². The highest BCUT2D eigenvalue weighted by atomic mass is 32.2. The summed E-state index contributed by atoms with van der Waals surface area (Å²) in [5.74, 6) is -0.0618. The Balaban J connectivity index is 4.04. The molecule has 0 radical (unpaired) electrons. The van der Waals surface area contributed by atoms with Crippen LogP contribution in [0.15, 0.2) is 0 Å². The molecule has 0 heterocycles. The third-order valence-electron chi connectivity index (χ3n) is 1.95. The van der Waals surface area contributed by atoms with E-state index >= 15 is 0 Å². The fraction of sp³-hybridized carbons (Fsp3) is 0.900. The SMILES string of the molecule is COCCC(=O)NCC(C)(C)CS(C)(=O)=O. The Morgan fingerprint density at radius 2 is 1.94 bits per heavy atom. The molecule has 0 spiro atoms. The molecule has 1 N–H and O–H groups in total. The molecular weight excluding hydrogens is 230 g/mol. The summed E-state index contributed by atoms with van der Waals surface area (Å²) in [5.41, 5.74) is -0.448. The van der Waals surface area contributed by atoms with Crippen LogP contribution in [0.5, 0.6) is 0 Å². The maximum absolute atomic E-state index is 11.3. The molecule has 0 bridgehead atoms. The van der Waals surface area contributed by atoms with Crippen molar-refractivity contribution in [1.82, 2.24) is 5.32 Å². The van der Waals surface area contributed by atoms with E-state index in [0.717, 1.165) is 0 Å². The molecule has 0 rings (SSSR count). The molecule has 0 aliphatic carbocycles. The zero-order valence-corrected chi connectivity index (χ0v) is 11.2. The predicted octanol–water partition coefficient (Wildman–Crippen LogP) is 0.210. The molecule has 0 aliphatic rings. The van der Waals surface area contributed by atoms with Gasteiger partial charge in [0.25, 0.3) is 0 Å². The van der Waals surface area contributed by atoms with Crippen molar-refractivity contribution in [2.45, 2.75) is 20.3 Å². The number of nitrogens with one attached hydrogen (secondary N) is 1. The lowest BCUT2D eigenvalue weighted by atomic mass is 9.96. The fourth-order valence-corrected chi connectivity index (χ4v) is 2.90. The molecule has 0 aromatic heterocycles. The molecule has 0 aliphatic heterocycles. The number of ether oxygens (including phenoxy) is 1. The lowest BCUT2D eigenvalue weighted by molar-refractivity contribution is -0.122. The van der Waals surface area contributed by atoms with Crippen molar-refractivity contribution in [3.8, 4) is 0 Å². The Bertz CT molecular complexity index is 322. The lowest BCUT2D eigenvalue weighted by Crippen LogP contribution is -2.38. The van der Waals surface area contributed by atoms with Gasteiger partial charge in [-0.2, -0.15) is 0 Å². The van der Waals surface area contributed by atoms with Crippen LogP contribution in [0, 0.1) is 5.41 Å². The van der Waals surface area contributed by atoms with Crippen molar-refractivity contribution in [3.05, 3.63) is 0 Å². The van der Waals surface area contributed by atoms with Gasteiger partial charge >= 0.3 is 0 Å². The van der Waals surface area contributed by atoms with Crippen LogP contribution < -0.4 is 5.32 Å². The van der Waals surface area contributed by atoms with Gasteiger partial charge in [-0.15, -0.1) is 0 Å². The second kappa shape index (κ2) is 6.20. The van der Waals surface area contributed by atoms with Gasteiger partial charge in [0.15, 0.2) is 0 Å². The molecule has 0 atom stereocenters. The molecule has 16 heavy (non-hydrogen) atoms. The van der Waals surface area contributed by atoms with Crippen molar-refractivity contribution in [1.29, 1.82) is 0 Å². The summed E-state index contributed by atoms with van der Waals surface area (Å²) in [7, 11) is -1.49. The predicted molar refractivity (Wildman–Crippen MR) is 63.0 cm³/mol. The highest BCUT2D eigenvalue weighted by Crippen LogP contribution is 2.16. The Labute approximate surface area is 97.5 Å². The first kappa shape index (κ1) is 15.4. The Kier molecular flexibility index (Phi) is 5.96. The van der Waals surface area contributed by atoms with Crippen LogP contribution >= 0.6 is 0 Å². The van der Waals surface area contributed by atoms with Crippen molar-refractivity contribution >= 4 is 15.7 Å². The number of hydrogen-bond donors (Lipinski definition) is 1. The largest absolute Gasteiger partial charge is 0.384 e. The van der Waals surface area contributed by atoms with Gasteiger partial charge in [0.2, 0.25) is 5.91 Å². The molecule has 0 aromatic carbocycles. The van der Waals surface area contributed by atoms with Crippen molar-refractivity contribution in [3.63, 3.8) is 0 Å². The fourth-order valence-electron chi connectivity index (χ4n) is 1.38. The molecule has 0 fully saturated rings. The minimum absolute atomic E-state index is 0.0601. The van der Waals surface area contributed by atoms with E-state index in [1.54, 1.807) is 0 Å². The average Bonchev–Trinajstić information content (AvgIpc) is 2.07. The van der Waals surface area contributed by atoms with Crippen molar-refractivity contribution in [2.75, 3.05) is 32.3 Å². The van der Waals surface area contributed by atoms with Crippen molar-refractivity contribution < 1.29 is 17.9 Å². The maximum Gasteiger partial charge on any atom is 0.222 e. The maximum atomic E-state index is 11.3. The molecular formula is C10H21NO4S. The number of methoxy groups -OCH3 is 1. The molecule has 0 saturated carbocycles. The summed E-state index contributed by atoms with van der Waals surface area (Å²) in [5, 5.41) is 2.70. The highest BCUT2D eigenvalue weighted by molar-refractivity contribution is 7.90. The molecule has 1 amide bonds. The van der Waals surface area contributed by atoms with Crippen LogP contribution in [0.4, 0.5) is 0 Å². The second-order valence-corrected chi connectivity index (χ2v) is 6.89. The summed E-state index contributed by atoms with van der Waals surface area (Å²) < 4.78 is 27.0. The van der Waals surface area contributed by atoms with Gasteiger partial charge in [-0.25, -0.2) is 8.42 Å². The van der Waals surface area contributed by atoms with Gasteiger partial charge in [0, 0.05) is 26.3 Å². The van der Waals surface area contributed by atoms with Crippen LogP contribution in [-0.2, 0) is 19.4 Å². The Hall–Kier alpha value is -0.620. The third-order valence-corrected chi connectivity index (χ3v) is 3.26. The smallest absolute Gasteiger partial charge is 0.222 e. The standard InChI is InChI=1S/C10H21NO4S/c1-10(2,8-16(4,13)14)7-11-9(12)5-6-15-3/h5-8H2,1-4H3,(H,11,12). The van der Waals surface area contributed by atoms with Crippen molar-refractivity contribution in [2.24, 2.45) is 5.41 Å². The molecule has 96 valence electrons. The monoisotopic (exact) mass is 251 g/mol. The van der Waals surface area contributed by atoms with E-state index in [9.17, 15) is 13.2 Å². The average molecular weight is 251 g/mol. The molecule has 0 saturated heterocycles. The van der Waals surface area contributed by atoms with Crippen LogP contribution in [0.25, 0.3) is 0 Å². The Morgan fingerprint density at radius 1 is 1.38 bits per heavy atom. The molecule has 0 aromatic rings. The molecule has 6 heteroatoms. The quantitative estimate of drug-likeness (QED) is 0.702. The van der Waals surface area contributed by atoms with Gasteiger partial charge in [-0.05, 0) is 5.41 Å². The number of carbonyl (C=O) groups is 1. The van der Waals surface area contributed by atoms with Gasteiger partial charge in [-0.3, -0.25) is 4.79 Å². The van der Waals surface area contributed by atoms with E-state index < -0.39 is 15.3 Å². The van der Waals surface area contributed by atoms with Crippen LogP contribution in [0.3, 0.4) is 0 Å². The van der Waals surface area contributed by atoms with Gasteiger partial charge in [0.1, 0.15) is 9.84 Å². The third kappa shape index (κ3) is 8.67. The second-order valence-electron chi connectivity index (χ2n) is 4.75. The van der Waals surface area contributed by atoms with Crippen LogP contribution in [-0.4, -0.2) is 46.6 Å². The van der Waals surface area contributed by atoms with Gasteiger partial charge in [-0.1, -0.05) is 13.8 Å². The van der Waals surface area contributed by atoms with E-state index in [-0.39, 0.29) is 11.7 Å². The van der Waals surface area contributed by atoms with E-state index in [1.807, 2.05) is 13.8 Å². The first-order valence-electron chi connectivity index (χ1n) is 5.10. The van der Waals surface area contributed by atoms with E-state index in [0.29, 0.717) is 19.6 Å². The van der Waals surface area contributed by atoms with E-state index in [1.165, 1.54) is 13.4 Å². The highest BCUT2D eigenvalue weighted by Gasteiger charge is 2.23. The summed E-state index contributed by atoms with van der Waals surface area (Å²) in [6.07, 6.45) is 1.49. The summed E-state index contributed by atoms with van der Waals surface area (Å²) in [6.45, 7) is 4.34. The zero-order valence-electron chi connectivity index (χ0n) is 10.4. The zero-order chi connectivity index (χ0) is 12.8. The normalized spacial score (nSPS) is 12.5. The molecule has 5 nitrogen and oxygen atoms in total. The number of amides is 1. The Morgan fingerprint density at radius 3 is 2.38 bits per heavy atom. The van der Waals surface area contributed by atoms with Crippen LogP contribution in [0.2, 0.25) is 0 Å². The number of carbonyl (C=O) groups excluding carboxylic acids is 1. The van der Waals surface area contributed by atoms with E-state index in [2.05, 4.69) is 5.32 Å². The number of hydrogen-bond acceptors (Lipinski definition) is 4. The lowest BCUT2D eigenvalue weighted by Gasteiger charge is -2.23. The van der Waals surface area contributed by atoms with E-state index in [4.69, 9.17) is 4.74 Å².